The molecule has 1 aliphatic carbocycles. The predicted molar refractivity (Wildman–Crippen MR) is 167 cm³/mol. The molecule has 1 fully saturated rings. The van der Waals surface area contributed by atoms with E-state index in [0.717, 1.165) is 19.3 Å². The molecule has 212 valence electrons. The van der Waals surface area contributed by atoms with Crippen molar-refractivity contribution in [3.63, 3.8) is 0 Å². The first-order valence-corrected chi connectivity index (χ1v) is 14.6. The zero-order valence-corrected chi connectivity index (χ0v) is 26.7. The number of methoxy groups -OCH3 is 1. The smallest absolute Gasteiger partial charge is 0.0610 e. The molecule has 38 heavy (non-hydrogen) atoms. The van der Waals surface area contributed by atoms with Gasteiger partial charge in [0.25, 0.3) is 0 Å². The third-order valence-corrected chi connectivity index (χ3v) is 8.07. The van der Waals surface area contributed by atoms with Gasteiger partial charge in [-0.05, 0) is 87.4 Å². The molecule has 3 atom stereocenters. The average Bonchev–Trinajstić information content (AvgIpc) is 2.76. The second-order valence-corrected chi connectivity index (χ2v) is 15.8. The SMILES string of the molecule is COC1C[C@@H](Nc2cc(C(C)(C)C)cc(C(C)(C)C)c2)C[C@@H](Nc2cc(C(C)(C)C)cc(C(C)(C)C)c2)C1. The third kappa shape index (κ3) is 8.01. The molecule has 1 aliphatic rings. The average molecular weight is 521 g/mol. The minimum absolute atomic E-state index is 0.103. The molecule has 0 aromatic heterocycles. The van der Waals surface area contributed by atoms with Crippen molar-refractivity contribution in [2.24, 2.45) is 0 Å². The fourth-order valence-corrected chi connectivity index (χ4v) is 5.32. The van der Waals surface area contributed by atoms with Crippen LogP contribution in [0.1, 0.15) is 125 Å². The summed E-state index contributed by atoms with van der Waals surface area (Å²) in [5, 5.41) is 7.87. The van der Waals surface area contributed by atoms with E-state index in [0.29, 0.717) is 12.1 Å². The molecular formula is C35H56N2O. The first-order valence-electron chi connectivity index (χ1n) is 14.6. The fraction of sp³-hybridized carbons (Fsp3) is 0.657. The van der Waals surface area contributed by atoms with Crippen LogP contribution in [0.15, 0.2) is 36.4 Å². The molecule has 0 radical (unpaired) electrons. The Morgan fingerprint density at radius 2 is 0.789 bits per heavy atom. The molecule has 0 amide bonds. The van der Waals surface area contributed by atoms with Crippen molar-refractivity contribution in [1.82, 2.24) is 0 Å². The number of hydrogen-bond acceptors (Lipinski definition) is 3. The minimum atomic E-state index is 0.103. The van der Waals surface area contributed by atoms with Gasteiger partial charge in [-0.2, -0.15) is 0 Å². The van der Waals surface area contributed by atoms with E-state index in [1.54, 1.807) is 0 Å². The van der Waals surface area contributed by atoms with Crippen LogP contribution in [0.25, 0.3) is 0 Å². The van der Waals surface area contributed by atoms with Gasteiger partial charge in [0, 0.05) is 30.6 Å². The Hall–Kier alpha value is -2.00. The number of hydrogen-bond donors (Lipinski definition) is 2. The molecule has 2 N–H and O–H groups in total. The second kappa shape index (κ2) is 10.9. The van der Waals surface area contributed by atoms with Gasteiger partial charge in [0.15, 0.2) is 0 Å². The minimum Gasteiger partial charge on any atom is -0.382 e. The van der Waals surface area contributed by atoms with Gasteiger partial charge < -0.3 is 15.4 Å². The summed E-state index contributed by atoms with van der Waals surface area (Å²) in [6, 6.07) is 14.9. The van der Waals surface area contributed by atoms with Crippen LogP contribution in [0, 0.1) is 0 Å². The van der Waals surface area contributed by atoms with Crippen molar-refractivity contribution in [1.29, 1.82) is 0 Å². The number of benzene rings is 2. The monoisotopic (exact) mass is 520 g/mol. The highest BCUT2D eigenvalue weighted by Gasteiger charge is 2.30. The maximum atomic E-state index is 5.96. The largest absolute Gasteiger partial charge is 0.382 e. The Labute approximate surface area is 234 Å². The van der Waals surface area contributed by atoms with Gasteiger partial charge in [0.1, 0.15) is 0 Å². The zero-order chi connectivity index (χ0) is 28.7. The molecule has 1 saturated carbocycles. The molecule has 3 rings (SSSR count). The van der Waals surface area contributed by atoms with Crippen molar-refractivity contribution in [3.05, 3.63) is 58.7 Å². The quantitative estimate of drug-likeness (QED) is 0.412. The number of rotatable bonds is 5. The van der Waals surface area contributed by atoms with E-state index in [1.165, 1.54) is 33.6 Å². The highest BCUT2D eigenvalue weighted by atomic mass is 16.5. The number of ether oxygens (including phenoxy) is 1. The van der Waals surface area contributed by atoms with E-state index in [4.69, 9.17) is 4.74 Å². The van der Waals surface area contributed by atoms with Crippen LogP contribution in [0.3, 0.4) is 0 Å². The van der Waals surface area contributed by atoms with Gasteiger partial charge in [-0.1, -0.05) is 95.2 Å². The summed E-state index contributed by atoms with van der Waals surface area (Å²) in [6.45, 7) is 27.6. The lowest BCUT2D eigenvalue weighted by Gasteiger charge is -2.37. The van der Waals surface area contributed by atoms with Crippen LogP contribution >= 0.6 is 0 Å². The highest BCUT2D eigenvalue weighted by Crippen LogP contribution is 2.36. The molecule has 0 heterocycles. The zero-order valence-electron chi connectivity index (χ0n) is 26.7. The molecule has 2 aromatic carbocycles. The van der Waals surface area contributed by atoms with Crippen molar-refractivity contribution >= 4 is 11.4 Å². The van der Waals surface area contributed by atoms with Crippen molar-refractivity contribution in [3.8, 4) is 0 Å². The van der Waals surface area contributed by atoms with Crippen molar-refractivity contribution < 1.29 is 4.74 Å². The van der Waals surface area contributed by atoms with Crippen LogP contribution in [0.4, 0.5) is 11.4 Å². The Morgan fingerprint density at radius 3 is 1.03 bits per heavy atom. The Bertz CT molecular complexity index is 939. The maximum absolute atomic E-state index is 5.96. The fourth-order valence-electron chi connectivity index (χ4n) is 5.32. The van der Waals surface area contributed by atoms with Crippen molar-refractivity contribution in [2.75, 3.05) is 17.7 Å². The van der Waals surface area contributed by atoms with E-state index in [1.807, 2.05) is 7.11 Å². The van der Waals surface area contributed by atoms with Crippen LogP contribution in [-0.4, -0.2) is 25.3 Å². The van der Waals surface area contributed by atoms with Gasteiger partial charge in [0.05, 0.1) is 6.10 Å². The van der Waals surface area contributed by atoms with Crippen LogP contribution in [-0.2, 0) is 26.4 Å². The highest BCUT2D eigenvalue weighted by molar-refractivity contribution is 5.54. The Balaban J connectivity index is 1.89. The van der Waals surface area contributed by atoms with E-state index in [9.17, 15) is 0 Å². The van der Waals surface area contributed by atoms with E-state index < -0.39 is 0 Å². The van der Waals surface area contributed by atoms with Crippen LogP contribution in [0.5, 0.6) is 0 Å². The third-order valence-electron chi connectivity index (χ3n) is 8.07. The summed E-state index contributed by atoms with van der Waals surface area (Å²) in [7, 11) is 1.86. The summed E-state index contributed by atoms with van der Waals surface area (Å²) in [4.78, 5) is 0. The molecular weight excluding hydrogens is 464 g/mol. The molecule has 0 spiro atoms. The molecule has 0 saturated heterocycles. The standard InChI is InChI=1S/C35H56N2O/c1-32(2,3)23-14-24(33(4,5)6)17-27(16-23)36-29-20-30(22-31(21-29)38-13)37-28-18-25(34(7,8)9)15-26(19-28)35(10,11)12/h14-19,29-31,36-37H,20-22H2,1-13H3/t29-,30+,31?. The van der Waals surface area contributed by atoms with Crippen LogP contribution < -0.4 is 10.6 Å². The van der Waals surface area contributed by atoms with E-state index in [-0.39, 0.29) is 27.8 Å². The molecule has 2 aromatic rings. The molecule has 0 aliphatic heterocycles. The summed E-state index contributed by atoms with van der Waals surface area (Å²) in [6.07, 6.45) is 3.34. The van der Waals surface area contributed by atoms with Gasteiger partial charge in [-0.3, -0.25) is 0 Å². The topological polar surface area (TPSA) is 33.3 Å². The Kier molecular flexibility index (Phi) is 8.74. The summed E-state index contributed by atoms with van der Waals surface area (Å²) < 4.78 is 5.96. The Morgan fingerprint density at radius 1 is 0.500 bits per heavy atom. The van der Waals surface area contributed by atoms with Crippen LogP contribution in [0.2, 0.25) is 0 Å². The first kappa shape index (κ1) is 30.5. The summed E-state index contributed by atoms with van der Waals surface area (Å²) >= 11 is 0. The van der Waals surface area contributed by atoms with Gasteiger partial charge >= 0.3 is 0 Å². The van der Waals surface area contributed by atoms with Gasteiger partial charge in [-0.15, -0.1) is 0 Å². The summed E-state index contributed by atoms with van der Waals surface area (Å²) in [5.74, 6) is 0. The van der Waals surface area contributed by atoms with E-state index >= 15 is 0 Å². The summed E-state index contributed by atoms with van der Waals surface area (Å²) in [5.41, 5.74) is 8.41. The predicted octanol–water partition coefficient (Wildman–Crippen LogP) is 9.34. The van der Waals surface area contributed by atoms with Gasteiger partial charge in [-0.25, -0.2) is 0 Å². The number of nitrogens with one attached hydrogen (secondary N) is 2. The number of anilines is 2. The molecule has 0 bridgehead atoms. The molecule has 3 nitrogen and oxygen atoms in total. The second-order valence-electron chi connectivity index (χ2n) is 15.8. The maximum Gasteiger partial charge on any atom is 0.0610 e. The molecule has 3 heteroatoms. The normalized spacial score (nSPS) is 21.3. The lowest BCUT2D eigenvalue weighted by molar-refractivity contribution is 0.0628. The van der Waals surface area contributed by atoms with Crippen molar-refractivity contribution in [2.45, 2.75) is 142 Å². The van der Waals surface area contributed by atoms with Gasteiger partial charge in [0.2, 0.25) is 0 Å². The first-order chi connectivity index (χ1) is 17.3. The molecule has 1 unspecified atom stereocenters. The lowest BCUT2D eigenvalue weighted by Crippen LogP contribution is -2.41. The lowest BCUT2D eigenvalue weighted by atomic mass is 9.80. The van der Waals surface area contributed by atoms with E-state index in [2.05, 4.69) is 130 Å².